The number of piperidine rings is 1. The number of benzene rings is 1. The average Bonchev–Trinajstić information content (AvgIpc) is 2.65. The standard InChI is InChI=1S/C19H27NO5/c1-23-15-10-13(11-16(24-2)17(15)25-3)18(21)20-9-8-19(22)7-5-4-6-14(19)12-20/h10-11,14,22H,4-9,12H2,1-3H3/t14-,19+/m0/s1. The van der Waals surface area contributed by atoms with Crippen LogP contribution in [0.25, 0.3) is 0 Å². The molecule has 1 aliphatic heterocycles. The normalized spacial score (nSPS) is 25.9. The summed E-state index contributed by atoms with van der Waals surface area (Å²) in [5.74, 6) is 1.52. The lowest BCUT2D eigenvalue weighted by Crippen LogP contribution is -2.54. The molecule has 0 unspecified atom stereocenters. The van der Waals surface area contributed by atoms with Gasteiger partial charge in [0.25, 0.3) is 5.91 Å². The summed E-state index contributed by atoms with van der Waals surface area (Å²) in [7, 11) is 4.61. The van der Waals surface area contributed by atoms with Crippen molar-refractivity contribution in [1.82, 2.24) is 4.90 Å². The van der Waals surface area contributed by atoms with Gasteiger partial charge in [-0.25, -0.2) is 0 Å². The van der Waals surface area contributed by atoms with Crippen LogP contribution in [0.4, 0.5) is 0 Å². The quantitative estimate of drug-likeness (QED) is 0.904. The second-order valence-corrected chi connectivity index (χ2v) is 6.96. The molecule has 1 saturated carbocycles. The highest BCUT2D eigenvalue weighted by Crippen LogP contribution is 2.41. The number of amides is 1. The van der Waals surface area contributed by atoms with Crippen molar-refractivity contribution in [3.05, 3.63) is 17.7 Å². The second kappa shape index (κ2) is 7.12. The van der Waals surface area contributed by atoms with Gasteiger partial charge in [0.1, 0.15) is 0 Å². The maximum Gasteiger partial charge on any atom is 0.254 e. The van der Waals surface area contributed by atoms with Crippen LogP contribution in [-0.4, -0.2) is 55.9 Å². The summed E-state index contributed by atoms with van der Waals surface area (Å²) in [6.45, 7) is 1.18. The number of ether oxygens (including phenoxy) is 3. The minimum atomic E-state index is -0.593. The Bertz CT molecular complexity index is 622. The molecule has 2 atom stereocenters. The number of carbonyl (C=O) groups is 1. The third kappa shape index (κ3) is 3.27. The number of nitrogens with zero attached hydrogens (tertiary/aromatic N) is 1. The number of carbonyl (C=O) groups excluding carboxylic acids is 1. The van der Waals surface area contributed by atoms with Crippen LogP contribution >= 0.6 is 0 Å². The fraction of sp³-hybridized carbons (Fsp3) is 0.632. The van der Waals surface area contributed by atoms with E-state index >= 15 is 0 Å². The molecule has 2 aliphatic rings. The van der Waals surface area contributed by atoms with Crippen molar-refractivity contribution < 1.29 is 24.1 Å². The number of aliphatic hydroxyl groups is 1. The molecule has 0 spiro atoms. The Labute approximate surface area is 148 Å². The van der Waals surface area contributed by atoms with Gasteiger partial charge in [0.2, 0.25) is 5.75 Å². The van der Waals surface area contributed by atoms with Gasteiger partial charge in [-0.1, -0.05) is 12.8 Å². The molecule has 2 fully saturated rings. The molecule has 0 bridgehead atoms. The van der Waals surface area contributed by atoms with E-state index in [0.717, 1.165) is 25.7 Å². The predicted octanol–water partition coefficient (Wildman–Crippen LogP) is 2.48. The van der Waals surface area contributed by atoms with Crippen LogP contribution in [0, 0.1) is 5.92 Å². The molecule has 6 heteroatoms. The first-order chi connectivity index (χ1) is 12.0. The van der Waals surface area contributed by atoms with Gasteiger partial charge in [-0.3, -0.25) is 4.79 Å². The molecule has 1 heterocycles. The summed E-state index contributed by atoms with van der Waals surface area (Å²) in [5.41, 5.74) is -0.0830. The maximum atomic E-state index is 13.0. The molecule has 1 aromatic carbocycles. The van der Waals surface area contributed by atoms with Crippen molar-refractivity contribution in [3.8, 4) is 17.2 Å². The van der Waals surface area contributed by atoms with Crippen molar-refractivity contribution in [2.24, 2.45) is 5.92 Å². The zero-order valence-corrected chi connectivity index (χ0v) is 15.2. The first-order valence-corrected chi connectivity index (χ1v) is 8.84. The Balaban J connectivity index is 1.83. The van der Waals surface area contributed by atoms with E-state index < -0.39 is 5.60 Å². The molecule has 1 amide bonds. The molecule has 1 aromatic rings. The molecule has 6 nitrogen and oxygen atoms in total. The first-order valence-electron chi connectivity index (χ1n) is 8.84. The van der Waals surface area contributed by atoms with Crippen LogP contribution in [0.1, 0.15) is 42.5 Å². The molecule has 138 valence electrons. The van der Waals surface area contributed by atoms with Crippen molar-refractivity contribution in [3.63, 3.8) is 0 Å². The second-order valence-electron chi connectivity index (χ2n) is 6.96. The van der Waals surface area contributed by atoms with Crippen LogP contribution in [0.2, 0.25) is 0 Å². The predicted molar refractivity (Wildman–Crippen MR) is 93.5 cm³/mol. The molecule has 1 N–H and O–H groups in total. The van der Waals surface area contributed by atoms with Gasteiger partial charge in [-0.2, -0.15) is 0 Å². The Morgan fingerprint density at radius 2 is 1.80 bits per heavy atom. The summed E-state index contributed by atoms with van der Waals surface area (Å²) in [4.78, 5) is 14.8. The monoisotopic (exact) mass is 349 g/mol. The van der Waals surface area contributed by atoms with E-state index in [9.17, 15) is 9.90 Å². The average molecular weight is 349 g/mol. The molecular weight excluding hydrogens is 322 g/mol. The Kier molecular flexibility index (Phi) is 5.08. The smallest absolute Gasteiger partial charge is 0.254 e. The highest BCUT2D eigenvalue weighted by Gasteiger charge is 2.43. The highest BCUT2D eigenvalue weighted by atomic mass is 16.5. The van der Waals surface area contributed by atoms with Gasteiger partial charge in [0.05, 0.1) is 26.9 Å². The SMILES string of the molecule is COc1cc(C(=O)N2CC[C@]3(O)CCCC[C@H]3C2)cc(OC)c1OC. The fourth-order valence-corrected chi connectivity index (χ4v) is 4.14. The Hall–Kier alpha value is -1.95. The van der Waals surface area contributed by atoms with Crippen molar-refractivity contribution in [2.75, 3.05) is 34.4 Å². The van der Waals surface area contributed by atoms with Crippen LogP contribution in [0.3, 0.4) is 0 Å². The molecule has 1 saturated heterocycles. The zero-order chi connectivity index (χ0) is 18.0. The summed E-state index contributed by atoms with van der Waals surface area (Å²) in [5, 5.41) is 10.8. The lowest BCUT2D eigenvalue weighted by Gasteiger charge is -2.47. The zero-order valence-electron chi connectivity index (χ0n) is 15.2. The van der Waals surface area contributed by atoms with Gasteiger partial charge in [0.15, 0.2) is 11.5 Å². The molecule has 3 rings (SSSR count). The molecule has 0 aromatic heterocycles. The summed E-state index contributed by atoms with van der Waals surface area (Å²) in [6, 6.07) is 3.37. The van der Waals surface area contributed by atoms with Gasteiger partial charge in [0, 0.05) is 24.6 Å². The first kappa shape index (κ1) is 17.9. The minimum Gasteiger partial charge on any atom is -0.493 e. The number of hydrogen-bond donors (Lipinski definition) is 1. The number of fused-ring (bicyclic) bond motifs is 1. The van der Waals surface area contributed by atoms with Crippen LogP contribution in [-0.2, 0) is 0 Å². The highest BCUT2D eigenvalue weighted by molar-refractivity contribution is 5.95. The van der Waals surface area contributed by atoms with E-state index in [-0.39, 0.29) is 11.8 Å². The third-order valence-corrected chi connectivity index (χ3v) is 5.63. The van der Waals surface area contributed by atoms with Gasteiger partial charge in [-0.15, -0.1) is 0 Å². The van der Waals surface area contributed by atoms with E-state index in [1.54, 1.807) is 12.1 Å². The Morgan fingerprint density at radius 1 is 1.12 bits per heavy atom. The molecular formula is C19H27NO5. The molecule has 0 radical (unpaired) electrons. The van der Waals surface area contributed by atoms with Crippen LogP contribution in [0.15, 0.2) is 12.1 Å². The lowest BCUT2D eigenvalue weighted by atomic mass is 9.71. The third-order valence-electron chi connectivity index (χ3n) is 5.63. The largest absolute Gasteiger partial charge is 0.493 e. The summed E-state index contributed by atoms with van der Waals surface area (Å²) >= 11 is 0. The van der Waals surface area contributed by atoms with Crippen LogP contribution < -0.4 is 14.2 Å². The lowest BCUT2D eigenvalue weighted by molar-refractivity contribution is -0.0886. The number of methoxy groups -OCH3 is 3. The number of rotatable bonds is 4. The van der Waals surface area contributed by atoms with E-state index in [0.29, 0.717) is 42.3 Å². The number of likely N-dealkylation sites (tertiary alicyclic amines) is 1. The summed E-state index contributed by atoms with van der Waals surface area (Å²) in [6.07, 6.45) is 4.68. The molecule has 25 heavy (non-hydrogen) atoms. The topological polar surface area (TPSA) is 68.2 Å². The van der Waals surface area contributed by atoms with E-state index in [1.165, 1.54) is 21.3 Å². The van der Waals surface area contributed by atoms with Gasteiger partial charge in [-0.05, 0) is 31.4 Å². The van der Waals surface area contributed by atoms with Gasteiger partial charge >= 0.3 is 0 Å². The number of hydrogen-bond acceptors (Lipinski definition) is 5. The van der Waals surface area contributed by atoms with Crippen molar-refractivity contribution in [2.45, 2.75) is 37.7 Å². The molecule has 1 aliphatic carbocycles. The van der Waals surface area contributed by atoms with Crippen molar-refractivity contribution in [1.29, 1.82) is 0 Å². The van der Waals surface area contributed by atoms with Gasteiger partial charge < -0.3 is 24.2 Å². The van der Waals surface area contributed by atoms with E-state index in [1.807, 2.05) is 4.90 Å². The Morgan fingerprint density at radius 3 is 2.40 bits per heavy atom. The van der Waals surface area contributed by atoms with Crippen LogP contribution in [0.5, 0.6) is 17.2 Å². The van der Waals surface area contributed by atoms with Crippen molar-refractivity contribution >= 4 is 5.91 Å². The van der Waals surface area contributed by atoms with E-state index in [4.69, 9.17) is 14.2 Å². The van der Waals surface area contributed by atoms with E-state index in [2.05, 4.69) is 0 Å². The maximum absolute atomic E-state index is 13.0. The summed E-state index contributed by atoms with van der Waals surface area (Å²) < 4.78 is 16.0. The fourth-order valence-electron chi connectivity index (χ4n) is 4.14. The minimum absolute atomic E-state index is 0.0631.